The van der Waals surface area contributed by atoms with Gasteiger partial charge in [-0.25, -0.2) is 19.4 Å². The Morgan fingerprint density at radius 3 is 2.04 bits per heavy atom. The Morgan fingerprint density at radius 1 is 0.843 bits per heavy atom. The lowest BCUT2D eigenvalue weighted by Gasteiger charge is -2.35. The normalized spacial score (nSPS) is 12.6. The summed E-state index contributed by atoms with van der Waals surface area (Å²) in [6, 6.07) is 5.68. The van der Waals surface area contributed by atoms with Gasteiger partial charge >= 0.3 is 18.1 Å². The molecule has 21 nitrogen and oxygen atoms in total. The Bertz CT molecular complexity index is 2250. The molecule has 3 rings (SSSR count). The van der Waals surface area contributed by atoms with Crippen LogP contribution >= 0.6 is 8.53 Å². The zero-order valence-electron chi connectivity index (χ0n) is 40.5. The molecule has 3 aromatic rings. The number of alkyl halides is 3. The minimum absolute atomic E-state index is 0.0577. The summed E-state index contributed by atoms with van der Waals surface area (Å²) in [6.07, 6.45) is -2.85. The van der Waals surface area contributed by atoms with Gasteiger partial charge in [-0.05, 0) is 71.2 Å². The fraction of sp³-hybridized carbons (Fsp3) is 0.600. The van der Waals surface area contributed by atoms with E-state index >= 15 is 0 Å². The molecule has 0 spiro atoms. The first kappa shape index (κ1) is 58.8. The number of unbranched alkanes of at least 4 members (excludes halogenated alkanes) is 1. The number of methoxy groups -OCH3 is 1. The van der Waals surface area contributed by atoms with Crippen molar-refractivity contribution >= 4 is 60.8 Å². The Hall–Kier alpha value is -5.54. The van der Waals surface area contributed by atoms with Gasteiger partial charge in [-0.1, -0.05) is 13.8 Å². The molecule has 0 fully saturated rings. The highest BCUT2D eigenvalue weighted by molar-refractivity contribution is 7.44. The van der Waals surface area contributed by atoms with Crippen molar-refractivity contribution in [2.45, 2.75) is 111 Å². The maximum atomic E-state index is 13.8. The van der Waals surface area contributed by atoms with E-state index < -0.39 is 62.5 Å². The zero-order chi connectivity index (χ0) is 51.8. The second kappa shape index (κ2) is 30.3. The van der Waals surface area contributed by atoms with Crippen LogP contribution in [0, 0.1) is 17.2 Å². The molecule has 0 aliphatic rings. The Morgan fingerprint density at radius 2 is 1.46 bits per heavy atom. The molecule has 0 aliphatic carbocycles. The molecule has 0 aliphatic heterocycles. The smallest absolute Gasteiger partial charge is 0.467 e. The van der Waals surface area contributed by atoms with Crippen molar-refractivity contribution in [3.63, 3.8) is 0 Å². The molecule has 0 saturated carbocycles. The van der Waals surface area contributed by atoms with E-state index in [0.29, 0.717) is 70.6 Å². The lowest BCUT2D eigenvalue weighted by Crippen LogP contribution is -2.42. The van der Waals surface area contributed by atoms with Gasteiger partial charge in [-0.3, -0.25) is 39.2 Å². The topological polar surface area (TPSA) is 267 Å². The molecule has 0 radical (unpaired) electrons. The standard InChI is InChI=1S/C45H63F3N9O12P/c1-29(2)39(59)54-44-53-38-37(41(61)55-44)51-33(27-50-38)28-56(43(63)45(46,47)48)34-14-12-32(13-15-34)40(60)52-36(42(62)64-7)17-16-35(58)11-8-9-19-65-21-22-66-23-24-67-25-26-69-70(68-20-10-18-49)57(30(3)4)31(5)6/h12-15,27,29-31,36H,8-11,16-17,19-26,28H2,1-7H3,(H,52,60)(H2,50,53,54,55,59,61). The van der Waals surface area contributed by atoms with Crippen molar-refractivity contribution in [1.29, 1.82) is 5.26 Å². The zero-order valence-corrected chi connectivity index (χ0v) is 41.4. The number of H-pyrrole nitrogens is 1. The van der Waals surface area contributed by atoms with Crippen LogP contribution in [0.5, 0.6) is 0 Å². The van der Waals surface area contributed by atoms with Crippen molar-refractivity contribution in [2.24, 2.45) is 5.92 Å². The number of nitriles is 1. The number of ketones is 1. The monoisotopic (exact) mass is 1010 g/mol. The van der Waals surface area contributed by atoms with E-state index in [-0.39, 0.29) is 77.6 Å². The first-order chi connectivity index (χ1) is 33.3. The summed E-state index contributed by atoms with van der Waals surface area (Å²) >= 11 is 0. The number of Topliss-reactive ketones (excluding diaryl/α,β-unsaturated/α-hetero) is 1. The van der Waals surface area contributed by atoms with Crippen LogP contribution in [0.2, 0.25) is 0 Å². The van der Waals surface area contributed by atoms with Crippen LogP contribution in [0.25, 0.3) is 11.2 Å². The van der Waals surface area contributed by atoms with Crippen LogP contribution in [-0.2, 0) is 53.7 Å². The summed E-state index contributed by atoms with van der Waals surface area (Å²) in [5.41, 5.74) is -2.01. The molecule has 25 heteroatoms. The van der Waals surface area contributed by atoms with Gasteiger partial charge in [0.15, 0.2) is 11.2 Å². The van der Waals surface area contributed by atoms with E-state index in [1.807, 2.05) is 0 Å². The van der Waals surface area contributed by atoms with Crippen molar-refractivity contribution < 1.29 is 65.1 Å². The van der Waals surface area contributed by atoms with Gasteiger partial charge in [0.2, 0.25) is 11.9 Å². The summed E-state index contributed by atoms with van der Waals surface area (Å²) in [4.78, 5) is 90.5. The molecule has 0 bridgehead atoms. The molecule has 0 saturated heterocycles. The minimum atomic E-state index is -5.33. The van der Waals surface area contributed by atoms with E-state index in [1.165, 1.54) is 0 Å². The fourth-order valence-electron chi connectivity index (χ4n) is 6.36. The molecule has 3 N–H and O–H groups in total. The van der Waals surface area contributed by atoms with Gasteiger partial charge < -0.3 is 33.3 Å². The molecule has 386 valence electrons. The predicted molar refractivity (Wildman–Crippen MR) is 250 cm³/mol. The highest BCUT2D eigenvalue weighted by Gasteiger charge is 2.43. The van der Waals surface area contributed by atoms with E-state index in [4.69, 9.17) is 33.3 Å². The summed E-state index contributed by atoms with van der Waals surface area (Å²) in [5, 5.41) is 13.8. The van der Waals surface area contributed by atoms with Crippen LogP contribution in [-0.4, -0.2) is 138 Å². The van der Waals surface area contributed by atoms with Crippen LogP contribution in [0.3, 0.4) is 0 Å². The number of esters is 1. The highest BCUT2D eigenvalue weighted by atomic mass is 31.2. The molecular formula is C45H63F3N9O12P. The third-order valence-corrected chi connectivity index (χ3v) is 11.9. The Labute approximate surface area is 405 Å². The van der Waals surface area contributed by atoms with Gasteiger partial charge in [0.25, 0.3) is 20.0 Å². The van der Waals surface area contributed by atoms with Gasteiger partial charge in [-0.2, -0.15) is 23.4 Å². The third-order valence-electron chi connectivity index (χ3n) is 9.82. The molecular weight excluding hydrogens is 947 g/mol. The lowest BCUT2D eigenvalue weighted by atomic mass is 10.0. The van der Waals surface area contributed by atoms with Crippen LogP contribution in [0.4, 0.5) is 24.8 Å². The number of rotatable bonds is 32. The number of carbonyl (C=O) groups excluding carboxylic acids is 5. The van der Waals surface area contributed by atoms with Crippen molar-refractivity contribution in [3.8, 4) is 6.07 Å². The maximum absolute atomic E-state index is 13.8. The lowest BCUT2D eigenvalue weighted by molar-refractivity contribution is -0.170. The number of aromatic nitrogens is 4. The molecule has 2 aromatic heterocycles. The number of benzene rings is 1. The number of aromatic amines is 1. The molecule has 70 heavy (non-hydrogen) atoms. The van der Waals surface area contributed by atoms with Crippen LogP contribution in [0.1, 0.15) is 96.1 Å². The maximum Gasteiger partial charge on any atom is 0.471 e. The minimum Gasteiger partial charge on any atom is -0.467 e. The van der Waals surface area contributed by atoms with E-state index in [9.17, 15) is 41.9 Å². The van der Waals surface area contributed by atoms with Crippen LogP contribution < -0.4 is 21.1 Å². The Balaban J connectivity index is 1.41. The SMILES string of the molecule is COC(=O)C(CCC(=O)CCCCOCCOCCOCCOP(OCCC#N)N(C(C)C)C(C)C)NC(=O)c1ccc(N(Cc2cnc3nc(NC(=O)C(C)C)[nH]c(=O)c3n2)C(=O)C(F)(F)F)cc1. The number of hydrogen-bond donors (Lipinski definition) is 3. The number of hydrogen-bond acceptors (Lipinski definition) is 17. The molecule has 2 atom stereocenters. The average Bonchev–Trinajstić information content (AvgIpc) is 3.31. The van der Waals surface area contributed by atoms with Gasteiger partial charge in [0.05, 0.1) is 84.3 Å². The fourth-order valence-corrected chi connectivity index (χ4v) is 7.93. The second-order valence-electron chi connectivity index (χ2n) is 16.3. The number of nitrogens with zero attached hydrogens (tertiary/aromatic N) is 6. The van der Waals surface area contributed by atoms with Gasteiger partial charge in [-0.15, -0.1) is 0 Å². The number of halogens is 3. The van der Waals surface area contributed by atoms with Gasteiger partial charge in [0.1, 0.15) is 11.8 Å². The number of nitrogens with one attached hydrogen (secondary N) is 3. The molecule has 2 heterocycles. The number of amides is 3. The molecule has 3 amide bonds. The number of anilines is 2. The molecule has 2 unspecified atom stereocenters. The first-order valence-corrected chi connectivity index (χ1v) is 23.8. The average molecular weight is 1010 g/mol. The summed E-state index contributed by atoms with van der Waals surface area (Å²) in [5.74, 6) is -5.14. The van der Waals surface area contributed by atoms with Crippen molar-refractivity contribution in [2.75, 3.05) is 70.2 Å². The van der Waals surface area contributed by atoms with E-state index in [0.717, 1.165) is 37.6 Å². The summed E-state index contributed by atoms with van der Waals surface area (Å²) in [7, 11) is -0.220. The number of fused-ring (bicyclic) bond motifs is 1. The third kappa shape index (κ3) is 20.1. The summed E-state index contributed by atoms with van der Waals surface area (Å²) < 4.78 is 76.9. The molecule has 1 aromatic carbocycles. The number of ether oxygens (including phenoxy) is 4. The number of carbonyl (C=O) groups is 5. The van der Waals surface area contributed by atoms with Crippen molar-refractivity contribution in [1.82, 2.24) is 29.9 Å². The highest BCUT2D eigenvalue weighted by Crippen LogP contribution is 2.45. The quantitative estimate of drug-likeness (QED) is 0.0394. The summed E-state index contributed by atoms with van der Waals surface area (Å²) in [6.45, 7) is 13.5. The van der Waals surface area contributed by atoms with Gasteiger partial charge in [0, 0.05) is 48.7 Å². The van der Waals surface area contributed by atoms with E-state index in [1.54, 1.807) is 13.8 Å². The van der Waals surface area contributed by atoms with Crippen molar-refractivity contribution in [3.05, 3.63) is 52.1 Å². The Kier molecular flexibility index (Phi) is 25.4. The second-order valence-corrected chi connectivity index (χ2v) is 17.8. The van der Waals surface area contributed by atoms with Crippen LogP contribution in [0.15, 0.2) is 35.3 Å². The first-order valence-electron chi connectivity index (χ1n) is 22.7. The van der Waals surface area contributed by atoms with E-state index in [2.05, 4.69) is 69.0 Å². The largest absolute Gasteiger partial charge is 0.471 e. The predicted octanol–water partition coefficient (Wildman–Crippen LogP) is 5.54.